The maximum atomic E-state index is 6.75. The van der Waals surface area contributed by atoms with Crippen molar-refractivity contribution in [2.75, 3.05) is 4.90 Å². The molecule has 3 nitrogen and oxygen atoms in total. The highest BCUT2D eigenvalue weighted by Crippen LogP contribution is 2.43. The summed E-state index contributed by atoms with van der Waals surface area (Å²) in [5.74, 6) is 0. The fourth-order valence-corrected chi connectivity index (χ4v) is 9.26. The van der Waals surface area contributed by atoms with Crippen LogP contribution in [0.15, 0.2) is 235 Å². The van der Waals surface area contributed by atoms with Gasteiger partial charge < -0.3 is 13.9 Å². The number of anilines is 3. The van der Waals surface area contributed by atoms with Crippen molar-refractivity contribution in [2.45, 2.75) is 0 Å². The summed E-state index contributed by atoms with van der Waals surface area (Å²) < 4.78 is 9.18. The van der Waals surface area contributed by atoms with E-state index in [4.69, 9.17) is 4.42 Å². The first-order chi connectivity index (χ1) is 30.2. The zero-order valence-electron chi connectivity index (χ0n) is 33.2. The van der Waals surface area contributed by atoms with Crippen LogP contribution >= 0.6 is 0 Å². The van der Waals surface area contributed by atoms with Crippen LogP contribution < -0.4 is 4.90 Å². The van der Waals surface area contributed by atoms with E-state index in [0.717, 1.165) is 61.4 Å². The lowest BCUT2D eigenvalue weighted by Gasteiger charge is -2.26. The van der Waals surface area contributed by atoms with Crippen molar-refractivity contribution in [1.29, 1.82) is 0 Å². The van der Waals surface area contributed by atoms with Gasteiger partial charge in [-0.1, -0.05) is 170 Å². The molecule has 61 heavy (non-hydrogen) atoms. The van der Waals surface area contributed by atoms with Crippen LogP contribution in [-0.2, 0) is 0 Å². The normalized spacial score (nSPS) is 11.6. The van der Waals surface area contributed by atoms with E-state index in [-0.39, 0.29) is 0 Å². The van der Waals surface area contributed by atoms with Gasteiger partial charge in [-0.15, -0.1) is 0 Å². The number of nitrogens with zero attached hydrogens (tertiary/aromatic N) is 2. The molecule has 0 unspecified atom stereocenters. The van der Waals surface area contributed by atoms with Gasteiger partial charge in [-0.05, 0) is 87.8 Å². The van der Waals surface area contributed by atoms with E-state index in [1.807, 2.05) is 6.07 Å². The fraction of sp³-hybridized carbons (Fsp3) is 0. The molecule has 0 atom stereocenters. The summed E-state index contributed by atoms with van der Waals surface area (Å²) in [5.41, 5.74) is 15.4. The molecule has 10 aromatic carbocycles. The van der Waals surface area contributed by atoms with Gasteiger partial charge in [0, 0.05) is 61.3 Å². The van der Waals surface area contributed by atoms with Crippen molar-refractivity contribution in [3.05, 3.63) is 231 Å². The molecular formula is C58H38N2O. The van der Waals surface area contributed by atoms with Gasteiger partial charge in [-0.25, -0.2) is 0 Å². The van der Waals surface area contributed by atoms with E-state index >= 15 is 0 Å². The second-order valence-corrected chi connectivity index (χ2v) is 15.7. The van der Waals surface area contributed by atoms with Gasteiger partial charge in [0.05, 0.1) is 11.0 Å². The summed E-state index contributed by atoms with van der Waals surface area (Å²) in [6.07, 6.45) is 0. The predicted molar refractivity (Wildman–Crippen MR) is 257 cm³/mol. The van der Waals surface area contributed by atoms with Gasteiger partial charge in [-0.3, -0.25) is 0 Å². The summed E-state index contributed by atoms with van der Waals surface area (Å²) >= 11 is 0. The SMILES string of the molecule is c1ccc(-c2ccc(N(c3ccc(-c4ccc5c6ccc7ccccc7c6n(-c6ccccc6)c5c4)cc3)c3ccc4c(c3)oc3c(-c5ccccc5)cccc34)cc2)cc1. The van der Waals surface area contributed by atoms with Crippen LogP contribution in [0, 0.1) is 0 Å². The third-order valence-corrected chi connectivity index (χ3v) is 12.2. The molecular weight excluding hydrogens is 741 g/mol. The Kier molecular flexibility index (Phi) is 8.17. The molecule has 0 aliphatic carbocycles. The van der Waals surface area contributed by atoms with Crippen LogP contribution in [0.3, 0.4) is 0 Å². The predicted octanol–water partition coefficient (Wildman–Crippen LogP) is 16.3. The smallest absolute Gasteiger partial charge is 0.143 e. The third kappa shape index (κ3) is 5.90. The van der Waals surface area contributed by atoms with Crippen molar-refractivity contribution in [1.82, 2.24) is 4.57 Å². The van der Waals surface area contributed by atoms with E-state index < -0.39 is 0 Å². The Morgan fingerprint density at radius 3 is 1.64 bits per heavy atom. The molecule has 0 fully saturated rings. The number of hydrogen-bond acceptors (Lipinski definition) is 2. The average molecular weight is 779 g/mol. The molecule has 2 aromatic heterocycles. The average Bonchev–Trinajstić information content (AvgIpc) is 3.88. The van der Waals surface area contributed by atoms with Crippen molar-refractivity contribution in [3.8, 4) is 39.1 Å². The van der Waals surface area contributed by atoms with E-state index in [1.54, 1.807) is 0 Å². The van der Waals surface area contributed by atoms with Crippen LogP contribution in [0.1, 0.15) is 0 Å². The van der Waals surface area contributed by atoms with Crippen LogP contribution in [0.2, 0.25) is 0 Å². The zero-order valence-corrected chi connectivity index (χ0v) is 33.2. The molecule has 0 saturated heterocycles. The fourth-order valence-electron chi connectivity index (χ4n) is 9.26. The lowest BCUT2D eigenvalue weighted by atomic mass is 10.0. The van der Waals surface area contributed by atoms with Gasteiger partial charge in [0.1, 0.15) is 11.2 Å². The van der Waals surface area contributed by atoms with E-state index in [2.05, 4.69) is 234 Å². The summed E-state index contributed by atoms with van der Waals surface area (Å²) in [6, 6.07) is 82.7. The lowest BCUT2D eigenvalue weighted by molar-refractivity contribution is 0.670. The van der Waals surface area contributed by atoms with Crippen molar-refractivity contribution in [3.63, 3.8) is 0 Å². The maximum Gasteiger partial charge on any atom is 0.143 e. The molecule has 12 rings (SSSR count). The quantitative estimate of drug-likeness (QED) is 0.161. The summed E-state index contributed by atoms with van der Waals surface area (Å²) in [5, 5.41) is 7.20. The number of aromatic nitrogens is 1. The number of furan rings is 1. The number of fused-ring (bicyclic) bond motifs is 8. The Morgan fingerprint density at radius 1 is 0.344 bits per heavy atom. The number of rotatable bonds is 7. The van der Waals surface area contributed by atoms with Gasteiger partial charge in [0.15, 0.2) is 0 Å². The Bertz CT molecular complexity index is 3550. The van der Waals surface area contributed by atoms with Crippen LogP contribution in [0.25, 0.3) is 93.6 Å². The van der Waals surface area contributed by atoms with E-state index in [1.165, 1.54) is 49.3 Å². The topological polar surface area (TPSA) is 21.3 Å². The zero-order chi connectivity index (χ0) is 40.3. The maximum absolute atomic E-state index is 6.75. The van der Waals surface area contributed by atoms with Crippen molar-refractivity contribution < 1.29 is 4.42 Å². The summed E-state index contributed by atoms with van der Waals surface area (Å²) in [4.78, 5) is 2.32. The van der Waals surface area contributed by atoms with Crippen LogP contribution in [0.5, 0.6) is 0 Å². The first kappa shape index (κ1) is 34.9. The summed E-state index contributed by atoms with van der Waals surface area (Å²) in [6.45, 7) is 0. The van der Waals surface area contributed by atoms with Crippen molar-refractivity contribution >= 4 is 71.6 Å². The lowest BCUT2D eigenvalue weighted by Crippen LogP contribution is -2.09. The Hall–Kier alpha value is -8.14. The van der Waals surface area contributed by atoms with Gasteiger partial charge in [0.25, 0.3) is 0 Å². The molecule has 2 heterocycles. The van der Waals surface area contributed by atoms with Crippen LogP contribution in [0.4, 0.5) is 17.1 Å². The third-order valence-electron chi connectivity index (χ3n) is 12.2. The molecule has 0 amide bonds. The number of hydrogen-bond donors (Lipinski definition) is 0. The first-order valence-electron chi connectivity index (χ1n) is 20.8. The minimum Gasteiger partial charge on any atom is -0.455 e. The number of para-hydroxylation sites is 2. The molecule has 0 radical (unpaired) electrons. The largest absolute Gasteiger partial charge is 0.455 e. The first-order valence-corrected chi connectivity index (χ1v) is 20.8. The standard InChI is InChI=1S/C58H38N2O/c1-4-13-39(14-5-1)40-23-29-46(30-24-40)59(48-33-36-52-54-22-12-21-50(42-15-6-2-7-16-42)58(54)61-56(52)38-48)47-31-25-41(26-32-47)44-28-34-51-53-35-27-43-17-10-11-20-49(43)57(53)60(55(51)37-44)45-18-8-3-9-19-45/h1-38H. The van der Waals surface area contributed by atoms with Gasteiger partial charge >= 0.3 is 0 Å². The summed E-state index contributed by atoms with van der Waals surface area (Å²) in [7, 11) is 0. The van der Waals surface area contributed by atoms with Gasteiger partial charge in [-0.2, -0.15) is 0 Å². The van der Waals surface area contributed by atoms with E-state index in [0.29, 0.717) is 0 Å². The monoisotopic (exact) mass is 778 g/mol. The molecule has 12 aromatic rings. The Labute approximate surface area is 353 Å². The Morgan fingerprint density at radius 2 is 0.902 bits per heavy atom. The van der Waals surface area contributed by atoms with Crippen molar-refractivity contribution in [2.24, 2.45) is 0 Å². The minimum atomic E-state index is 0.855. The molecule has 0 saturated carbocycles. The molecule has 286 valence electrons. The number of benzene rings is 10. The molecule has 3 heteroatoms. The molecule has 0 aliphatic heterocycles. The molecule has 0 bridgehead atoms. The Balaban J connectivity index is 0.983. The second-order valence-electron chi connectivity index (χ2n) is 15.7. The molecule has 0 spiro atoms. The molecule has 0 N–H and O–H groups in total. The highest BCUT2D eigenvalue weighted by atomic mass is 16.3. The van der Waals surface area contributed by atoms with Gasteiger partial charge in [0.2, 0.25) is 0 Å². The second kappa shape index (κ2) is 14.3. The van der Waals surface area contributed by atoms with Crippen LogP contribution in [-0.4, -0.2) is 4.57 Å². The van der Waals surface area contributed by atoms with E-state index in [9.17, 15) is 0 Å². The highest BCUT2D eigenvalue weighted by Gasteiger charge is 2.19. The molecule has 0 aliphatic rings. The minimum absolute atomic E-state index is 0.855. The highest BCUT2D eigenvalue weighted by molar-refractivity contribution is 6.19.